The minimum absolute atomic E-state index is 0.200. The Labute approximate surface area is 78.4 Å². The van der Waals surface area contributed by atoms with E-state index in [9.17, 15) is 5.11 Å². The third kappa shape index (κ3) is 2.31. The van der Waals surface area contributed by atoms with E-state index in [1.54, 1.807) is 6.20 Å². The maximum Gasteiger partial charge on any atom is 0.110 e. The lowest BCUT2D eigenvalue weighted by Crippen LogP contribution is -2.14. The van der Waals surface area contributed by atoms with Crippen molar-refractivity contribution in [1.29, 1.82) is 0 Å². The van der Waals surface area contributed by atoms with Crippen molar-refractivity contribution < 1.29 is 5.11 Å². The Morgan fingerprint density at radius 1 is 1.69 bits per heavy atom. The van der Waals surface area contributed by atoms with Gasteiger partial charge in [0.2, 0.25) is 0 Å². The lowest BCUT2D eigenvalue weighted by molar-refractivity contribution is 0.155. The van der Waals surface area contributed by atoms with E-state index in [2.05, 4.69) is 4.98 Å². The molecule has 2 rings (SSSR count). The third-order valence-corrected chi connectivity index (χ3v) is 2.64. The van der Waals surface area contributed by atoms with E-state index < -0.39 is 0 Å². The molecule has 1 atom stereocenters. The highest BCUT2D eigenvalue weighted by molar-refractivity contribution is 4.93. The first-order chi connectivity index (χ1) is 6.25. The molecule has 0 radical (unpaired) electrons. The van der Waals surface area contributed by atoms with E-state index >= 15 is 0 Å². The monoisotopic (exact) mass is 180 g/mol. The van der Waals surface area contributed by atoms with Crippen molar-refractivity contribution in [3.8, 4) is 0 Å². The van der Waals surface area contributed by atoms with Gasteiger partial charge in [0.15, 0.2) is 0 Å². The Morgan fingerprint density at radius 2 is 2.46 bits per heavy atom. The lowest BCUT2D eigenvalue weighted by atomic mass is 10.1. The summed E-state index contributed by atoms with van der Waals surface area (Å²) in [5.74, 6) is 1.77. The van der Waals surface area contributed by atoms with Crippen LogP contribution in [0.25, 0.3) is 0 Å². The predicted molar refractivity (Wildman–Crippen MR) is 50.3 cm³/mol. The second-order valence-corrected chi connectivity index (χ2v) is 3.99. The molecule has 72 valence electrons. The van der Waals surface area contributed by atoms with Crippen LogP contribution in [-0.4, -0.2) is 20.8 Å². The molecule has 1 aromatic heterocycles. The summed E-state index contributed by atoms with van der Waals surface area (Å²) in [6, 6.07) is 0. The summed E-state index contributed by atoms with van der Waals surface area (Å²) in [5, 5.41) is 9.70. The molecule has 1 heterocycles. The number of nitrogens with zero attached hydrogens (tertiary/aromatic N) is 2. The van der Waals surface area contributed by atoms with Crippen LogP contribution in [0, 0.1) is 5.92 Å². The molecule has 1 unspecified atom stereocenters. The fourth-order valence-electron chi connectivity index (χ4n) is 1.63. The fraction of sp³-hybridized carbons (Fsp3) is 0.700. The largest absolute Gasteiger partial charge is 0.393 e. The average molecular weight is 180 g/mol. The number of aryl methyl sites for hydroxylation is 1. The number of aliphatic hydroxyl groups excluding tert-OH is 1. The highest BCUT2D eigenvalue weighted by Gasteiger charge is 2.24. The molecule has 3 heteroatoms. The van der Waals surface area contributed by atoms with E-state index in [1.165, 1.54) is 12.8 Å². The molecule has 1 aliphatic rings. The summed E-state index contributed by atoms with van der Waals surface area (Å²) in [6.45, 7) is 0. The molecule has 0 amide bonds. The lowest BCUT2D eigenvalue weighted by Gasteiger charge is -2.08. The van der Waals surface area contributed by atoms with Crippen LogP contribution < -0.4 is 0 Å². The summed E-state index contributed by atoms with van der Waals surface area (Å²) < 4.78 is 1.97. The molecular formula is C10H16N2O. The zero-order chi connectivity index (χ0) is 9.26. The zero-order valence-electron chi connectivity index (χ0n) is 7.98. The molecule has 13 heavy (non-hydrogen) atoms. The standard InChI is InChI=1S/C10H16N2O/c1-12-5-4-11-10(12)7-9(13)6-8-2-3-8/h4-5,8-9,13H,2-3,6-7H2,1H3. The van der Waals surface area contributed by atoms with Gasteiger partial charge in [0.05, 0.1) is 6.10 Å². The van der Waals surface area contributed by atoms with E-state index in [0.29, 0.717) is 6.42 Å². The SMILES string of the molecule is Cn1ccnc1CC(O)CC1CC1. The molecule has 1 fully saturated rings. The summed E-state index contributed by atoms with van der Waals surface area (Å²) in [7, 11) is 1.96. The van der Waals surface area contributed by atoms with Crippen molar-refractivity contribution in [1.82, 2.24) is 9.55 Å². The second kappa shape index (κ2) is 3.50. The smallest absolute Gasteiger partial charge is 0.110 e. The Kier molecular flexibility index (Phi) is 2.36. The topological polar surface area (TPSA) is 38.0 Å². The molecule has 1 aromatic rings. The maximum atomic E-state index is 9.70. The van der Waals surface area contributed by atoms with Crippen LogP contribution in [0.1, 0.15) is 25.1 Å². The average Bonchev–Trinajstić information content (AvgIpc) is 2.79. The Morgan fingerprint density at radius 3 is 3.00 bits per heavy atom. The van der Waals surface area contributed by atoms with Gasteiger partial charge in [-0.1, -0.05) is 12.8 Å². The van der Waals surface area contributed by atoms with Gasteiger partial charge in [0, 0.05) is 25.9 Å². The van der Waals surface area contributed by atoms with Crippen molar-refractivity contribution >= 4 is 0 Å². The van der Waals surface area contributed by atoms with Crippen molar-refractivity contribution in [2.75, 3.05) is 0 Å². The molecule has 3 nitrogen and oxygen atoms in total. The minimum Gasteiger partial charge on any atom is -0.393 e. The minimum atomic E-state index is -0.200. The summed E-state index contributed by atoms with van der Waals surface area (Å²) in [5.41, 5.74) is 0. The number of rotatable bonds is 4. The highest BCUT2D eigenvalue weighted by Crippen LogP contribution is 2.33. The van der Waals surface area contributed by atoms with Crippen molar-refractivity contribution in [2.24, 2.45) is 13.0 Å². The van der Waals surface area contributed by atoms with Crippen molar-refractivity contribution in [2.45, 2.75) is 31.8 Å². The van der Waals surface area contributed by atoms with Crippen LogP contribution in [-0.2, 0) is 13.5 Å². The van der Waals surface area contributed by atoms with Crippen LogP contribution in [0.2, 0.25) is 0 Å². The first kappa shape index (κ1) is 8.75. The Balaban J connectivity index is 1.85. The first-order valence-corrected chi connectivity index (χ1v) is 4.90. The van der Waals surface area contributed by atoms with Gasteiger partial charge in [-0.2, -0.15) is 0 Å². The van der Waals surface area contributed by atoms with Crippen LogP contribution in [0.4, 0.5) is 0 Å². The maximum absolute atomic E-state index is 9.70. The predicted octanol–water partition coefficient (Wildman–Crippen LogP) is 1.12. The van der Waals surface area contributed by atoms with Crippen LogP contribution in [0.15, 0.2) is 12.4 Å². The summed E-state index contributed by atoms with van der Waals surface area (Å²) in [6.07, 6.45) is 7.74. The number of hydrogen-bond donors (Lipinski definition) is 1. The molecule has 1 N–H and O–H groups in total. The third-order valence-electron chi connectivity index (χ3n) is 2.64. The first-order valence-electron chi connectivity index (χ1n) is 4.90. The molecular weight excluding hydrogens is 164 g/mol. The van der Waals surface area contributed by atoms with Gasteiger partial charge in [-0.25, -0.2) is 4.98 Å². The molecule has 0 saturated heterocycles. The van der Waals surface area contributed by atoms with Gasteiger partial charge >= 0.3 is 0 Å². The van der Waals surface area contributed by atoms with Gasteiger partial charge in [-0.05, 0) is 12.3 Å². The molecule has 0 spiro atoms. The summed E-state index contributed by atoms with van der Waals surface area (Å²) >= 11 is 0. The summed E-state index contributed by atoms with van der Waals surface area (Å²) in [4.78, 5) is 4.19. The van der Waals surface area contributed by atoms with E-state index in [0.717, 1.165) is 18.2 Å². The van der Waals surface area contributed by atoms with Gasteiger partial charge in [0.25, 0.3) is 0 Å². The van der Waals surface area contributed by atoms with E-state index in [4.69, 9.17) is 0 Å². The second-order valence-electron chi connectivity index (χ2n) is 3.99. The van der Waals surface area contributed by atoms with Crippen LogP contribution >= 0.6 is 0 Å². The van der Waals surface area contributed by atoms with Gasteiger partial charge < -0.3 is 9.67 Å². The molecule has 1 aliphatic carbocycles. The number of hydrogen-bond acceptors (Lipinski definition) is 2. The quantitative estimate of drug-likeness (QED) is 0.754. The van der Waals surface area contributed by atoms with Gasteiger partial charge in [-0.3, -0.25) is 0 Å². The number of aliphatic hydroxyl groups is 1. The molecule has 0 aromatic carbocycles. The number of aromatic nitrogens is 2. The van der Waals surface area contributed by atoms with Crippen molar-refractivity contribution in [3.05, 3.63) is 18.2 Å². The Hall–Kier alpha value is -0.830. The normalized spacial score (nSPS) is 18.9. The van der Waals surface area contributed by atoms with Gasteiger partial charge in [-0.15, -0.1) is 0 Å². The fourth-order valence-corrected chi connectivity index (χ4v) is 1.63. The zero-order valence-corrected chi connectivity index (χ0v) is 7.98. The van der Waals surface area contributed by atoms with E-state index in [1.807, 2.05) is 17.8 Å². The Bertz CT molecular complexity index is 278. The molecule has 0 aliphatic heterocycles. The number of imidazole rings is 1. The van der Waals surface area contributed by atoms with Gasteiger partial charge in [0.1, 0.15) is 5.82 Å². The van der Waals surface area contributed by atoms with E-state index in [-0.39, 0.29) is 6.10 Å². The van der Waals surface area contributed by atoms with Crippen LogP contribution in [0.3, 0.4) is 0 Å². The molecule has 1 saturated carbocycles. The van der Waals surface area contributed by atoms with Crippen LogP contribution in [0.5, 0.6) is 0 Å². The highest BCUT2D eigenvalue weighted by atomic mass is 16.3. The molecule has 0 bridgehead atoms. The van der Waals surface area contributed by atoms with Crippen molar-refractivity contribution in [3.63, 3.8) is 0 Å².